The minimum absolute atomic E-state index is 0.0381. The summed E-state index contributed by atoms with van der Waals surface area (Å²) in [6, 6.07) is 12.0. The Kier molecular flexibility index (Phi) is 12.6. The van der Waals surface area contributed by atoms with Crippen molar-refractivity contribution >= 4 is 46.2 Å². The molecule has 17 heteroatoms. The molecule has 2 saturated heterocycles. The molecule has 64 heavy (non-hydrogen) atoms. The largest absolute Gasteiger partial charge is 0.488 e. The summed E-state index contributed by atoms with van der Waals surface area (Å²) in [4.78, 5) is 69.0. The standard InChI is InChI=1S/C47H55F2N7O8/c1-23(2)40(53-46(59)61-6)43(57)55-20-26(21-64-45(48)49)14-38(55)35-17-32-31-18-39-33(16-27(31)10-12-34(32)51-35)30-11-9-28(15-29(30)22-63-39)36-19-50-42(52-36)37-13-8-25(5)56(37)44(58)41(24(3)4)54-47(60)62-7/h9-12,15-16,18-19,23-26,37-38,40-41,45H,8,13-14,17,20-22H2,1-7H3,(H,50,52)(H,53,59)(H,54,60)/t25-,26-,37-,38-,40-,41-/m0/s1. The van der Waals surface area contributed by atoms with Crippen molar-refractivity contribution in [2.75, 3.05) is 27.4 Å². The van der Waals surface area contributed by atoms with Crippen LogP contribution in [0.15, 0.2) is 53.7 Å². The van der Waals surface area contributed by atoms with E-state index in [0.29, 0.717) is 25.3 Å². The van der Waals surface area contributed by atoms with Gasteiger partial charge in [0.15, 0.2) is 0 Å². The number of ether oxygens (including phenoxy) is 4. The van der Waals surface area contributed by atoms with E-state index in [1.807, 2.05) is 63.8 Å². The number of alkyl carbamates (subject to hydrolysis) is 2. The molecule has 4 amide bonds. The number of hydrogen-bond acceptors (Lipinski definition) is 10. The fourth-order valence-electron chi connectivity index (χ4n) is 9.72. The first-order chi connectivity index (χ1) is 30.6. The lowest BCUT2D eigenvalue weighted by Crippen LogP contribution is -2.53. The van der Waals surface area contributed by atoms with E-state index in [9.17, 15) is 28.0 Å². The Bertz CT molecular complexity index is 2490. The summed E-state index contributed by atoms with van der Waals surface area (Å²) in [6.07, 6.45) is 2.77. The fourth-order valence-corrected chi connectivity index (χ4v) is 9.72. The van der Waals surface area contributed by atoms with Gasteiger partial charge in [0.1, 0.15) is 30.3 Å². The van der Waals surface area contributed by atoms with Gasteiger partial charge >= 0.3 is 18.8 Å². The van der Waals surface area contributed by atoms with Gasteiger partial charge in [-0.1, -0.05) is 45.9 Å². The Morgan fingerprint density at radius 2 is 1.62 bits per heavy atom. The number of likely N-dealkylation sites (tertiary alicyclic amines) is 2. The van der Waals surface area contributed by atoms with Crippen LogP contribution in [0.1, 0.15) is 76.9 Å². The third-order valence-electron chi connectivity index (χ3n) is 13.0. The number of halogens is 2. The maximum atomic E-state index is 14.1. The number of amides is 4. The molecule has 0 bridgehead atoms. The minimum Gasteiger partial charge on any atom is -0.488 e. The lowest BCUT2D eigenvalue weighted by molar-refractivity contribution is -0.139. The molecule has 0 aliphatic carbocycles. The number of carbonyl (C=O) groups excluding carboxylic acids is 4. The second kappa shape index (κ2) is 18.2. The Labute approximate surface area is 370 Å². The summed E-state index contributed by atoms with van der Waals surface area (Å²) >= 11 is 0. The number of hydrogen-bond donors (Lipinski definition) is 3. The van der Waals surface area contributed by atoms with Gasteiger partial charge in [-0.3, -0.25) is 14.6 Å². The molecule has 5 heterocycles. The molecule has 1 aromatic heterocycles. The molecule has 4 aromatic rings. The Balaban J connectivity index is 1.02. The van der Waals surface area contributed by atoms with Crippen molar-refractivity contribution in [1.82, 2.24) is 30.4 Å². The van der Waals surface area contributed by atoms with E-state index in [0.717, 1.165) is 74.3 Å². The second-order valence-electron chi connectivity index (χ2n) is 17.9. The van der Waals surface area contributed by atoms with Gasteiger partial charge in [-0.05, 0) is 95.3 Å². The number of methoxy groups -OCH3 is 2. The van der Waals surface area contributed by atoms with Gasteiger partial charge in [0.25, 0.3) is 0 Å². The van der Waals surface area contributed by atoms with Gasteiger partial charge < -0.3 is 44.4 Å². The number of aliphatic imine (C=N–C) groups is 1. The molecule has 3 aromatic carbocycles. The van der Waals surface area contributed by atoms with Gasteiger partial charge in [0.05, 0.1) is 50.5 Å². The molecule has 0 radical (unpaired) electrons. The van der Waals surface area contributed by atoms with Crippen LogP contribution in [0.2, 0.25) is 0 Å². The van der Waals surface area contributed by atoms with Crippen LogP contribution in [0.3, 0.4) is 0 Å². The Morgan fingerprint density at radius 3 is 2.31 bits per heavy atom. The molecule has 2 fully saturated rings. The third-order valence-corrected chi connectivity index (χ3v) is 13.0. The highest BCUT2D eigenvalue weighted by atomic mass is 19.3. The number of aromatic amines is 1. The van der Waals surface area contributed by atoms with E-state index in [4.69, 9.17) is 28.9 Å². The van der Waals surface area contributed by atoms with Gasteiger partial charge in [0, 0.05) is 36.2 Å². The second-order valence-corrected chi connectivity index (χ2v) is 17.9. The van der Waals surface area contributed by atoms with Crippen molar-refractivity contribution in [3.8, 4) is 28.1 Å². The van der Waals surface area contributed by atoms with E-state index in [1.165, 1.54) is 14.2 Å². The number of nitrogens with zero attached hydrogens (tertiary/aromatic N) is 4. The van der Waals surface area contributed by atoms with E-state index < -0.39 is 36.9 Å². The summed E-state index contributed by atoms with van der Waals surface area (Å²) in [5, 5.41) is 7.32. The predicted octanol–water partition coefficient (Wildman–Crippen LogP) is 7.69. The lowest BCUT2D eigenvalue weighted by Gasteiger charge is -2.32. The molecule has 0 saturated carbocycles. The van der Waals surface area contributed by atoms with Crippen molar-refractivity contribution in [2.24, 2.45) is 22.7 Å². The van der Waals surface area contributed by atoms with Crippen LogP contribution in [0.25, 0.3) is 33.2 Å². The summed E-state index contributed by atoms with van der Waals surface area (Å²) in [5.41, 5.74) is 7.23. The zero-order valence-electron chi connectivity index (χ0n) is 37.1. The first-order valence-electron chi connectivity index (χ1n) is 21.8. The number of carbonyl (C=O) groups is 4. The molecule has 4 aliphatic heterocycles. The van der Waals surface area contributed by atoms with E-state index >= 15 is 0 Å². The highest BCUT2D eigenvalue weighted by Crippen LogP contribution is 2.45. The first-order valence-corrected chi connectivity index (χ1v) is 21.8. The van der Waals surface area contributed by atoms with E-state index in [-0.39, 0.29) is 54.8 Å². The number of fused-ring (bicyclic) bond motifs is 6. The first kappa shape index (κ1) is 44.5. The molecular formula is C47H55F2N7O8. The molecule has 6 atom stereocenters. The number of imidazole rings is 1. The fraction of sp³-hybridized carbons (Fsp3) is 0.489. The van der Waals surface area contributed by atoms with Gasteiger partial charge in [-0.15, -0.1) is 0 Å². The number of aromatic nitrogens is 2. The number of alkyl halides is 2. The molecule has 0 unspecified atom stereocenters. The van der Waals surface area contributed by atoms with Crippen LogP contribution in [0, 0.1) is 17.8 Å². The SMILES string of the molecule is COC(=O)N[C@H](C(=O)N1C[C@@H](COC(F)F)C[C@H]1C1=Nc2ccc3cc4c(cc3c2C1)OCc1cc(-c2cnc([C@@H]3CC[C@H](C)N3C(=O)[C@@H](NC(=O)OC)C(C)C)[nH]2)ccc1-4)C(C)C. The predicted molar refractivity (Wildman–Crippen MR) is 234 cm³/mol. The van der Waals surface area contributed by atoms with Gasteiger partial charge in [-0.25, -0.2) is 14.6 Å². The topological polar surface area (TPSA) is 177 Å². The molecular weight excluding hydrogens is 829 g/mol. The normalized spacial score (nSPS) is 21.0. The van der Waals surface area contributed by atoms with Crippen molar-refractivity contribution in [2.45, 2.75) is 104 Å². The van der Waals surface area contributed by atoms with Crippen LogP contribution in [0.4, 0.5) is 24.1 Å². The van der Waals surface area contributed by atoms with Crippen molar-refractivity contribution < 1.29 is 46.9 Å². The number of nitrogens with one attached hydrogen (secondary N) is 3. The summed E-state index contributed by atoms with van der Waals surface area (Å²) in [6.45, 7) is 6.80. The van der Waals surface area contributed by atoms with Gasteiger partial charge in [-0.2, -0.15) is 8.78 Å². The molecule has 0 spiro atoms. The van der Waals surface area contributed by atoms with Crippen molar-refractivity contribution in [1.29, 1.82) is 0 Å². The van der Waals surface area contributed by atoms with Crippen molar-refractivity contribution in [3.63, 3.8) is 0 Å². The van der Waals surface area contributed by atoms with Crippen LogP contribution in [0.5, 0.6) is 5.75 Å². The molecule has 340 valence electrons. The minimum atomic E-state index is -2.93. The average Bonchev–Trinajstić information content (AvgIpc) is 4.10. The monoisotopic (exact) mass is 883 g/mol. The number of H-pyrrole nitrogens is 1. The van der Waals surface area contributed by atoms with Gasteiger partial charge in [0.2, 0.25) is 11.8 Å². The molecule has 3 N–H and O–H groups in total. The highest BCUT2D eigenvalue weighted by Gasteiger charge is 2.44. The Morgan fingerprint density at radius 1 is 0.906 bits per heavy atom. The zero-order valence-corrected chi connectivity index (χ0v) is 37.1. The molecule has 15 nitrogen and oxygen atoms in total. The third kappa shape index (κ3) is 8.61. The van der Waals surface area contributed by atoms with Crippen LogP contribution in [-0.2, 0) is 36.8 Å². The summed E-state index contributed by atoms with van der Waals surface area (Å²) in [7, 11) is 2.51. The van der Waals surface area contributed by atoms with Crippen LogP contribution < -0.4 is 15.4 Å². The van der Waals surface area contributed by atoms with Crippen LogP contribution in [-0.4, -0.2) is 108 Å². The zero-order chi connectivity index (χ0) is 45.6. The van der Waals surface area contributed by atoms with Crippen molar-refractivity contribution in [3.05, 3.63) is 65.6 Å². The van der Waals surface area contributed by atoms with E-state index in [1.54, 1.807) is 11.1 Å². The van der Waals surface area contributed by atoms with Crippen LogP contribution >= 0.6 is 0 Å². The maximum Gasteiger partial charge on any atom is 0.407 e. The lowest BCUT2D eigenvalue weighted by atomic mass is 9.90. The molecule has 4 aliphatic rings. The number of benzene rings is 3. The highest BCUT2D eigenvalue weighted by molar-refractivity contribution is 6.06. The average molecular weight is 884 g/mol. The Hall–Kier alpha value is -6.10. The van der Waals surface area contributed by atoms with E-state index in [2.05, 4.69) is 33.8 Å². The number of rotatable bonds is 12. The summed E-state index contributed by atoms with van der Waals surface area (Å²) in [5.74, 6) is 0.137. The quantitative estimate of drug-likeness (QED) is 0.129. The summed E-state index contributed by atoms with van der Waals surface area (Å²) < 4.78 is 46.9. The maximum absolute atomic E-state index is 14.1. The smallest absolute Gasteiger partial charge is 0.407 e. The molecule has 8 rings (SSSR count).